The Morgan fingerprint density at radius 2 is 1.57 bits per heavy atom. The van der Waals surface area contributed by atoms with E-state index in [-0.39, 0.29) is 0 Å². The van der Waals surface area contributed by atoms with Crippen LogP contribution in [0.25, 0.3) is 11.1 Å². The molecule has 0 amide bonds. The molecule has 1 N–H and O–H groups in total. The van der Waals surface area contributed by atoms with Crippen molar-refractivity contribution < 1.29 is 0 Å². The van der Waals surface area contributed by atoms with E-state index in [1.54, 1.807) is 0 Å². The Labute approximate surface area is 226 Å². The van der Waals surface area contributed by atoms with E-state index < -0.39 is 0 Å². The largest absolute Gasteiger partial charge is 0.313 e. The number of unbranched alkanes of at least 4 members (excludes halogenated alkanes) is 1. The van der Waals surface area contributed by atoms with E-state index in [1.165, 1.54) is 82.4 Å². The molecular weight excluding hydrogens is 448 g/mol. The molecule has 0 saturated carbocycles. The first-order valence-corrected chi connectivity index (χ1v) is 14.6. The molecule has 1 fully saturated rings. The van der Waals surface area contributed by atoms with Gasteiger partial charge in [-0.25, -0.2) is 0 Å². The number of nitrogens with one attached hydrogen (secondary N) is 1. The van der Waals surface area contributed by atoms with Crippen molar-refractivity contribution in [3.63, 3.8) is 0 Å². The van der Waals surface area contributed by atoms with E-state index in [4.69, 9.17) is 0 Å². The molecule has 2 heteroatoms. The van der Waals surface area contributed by atoms with Crippen LogP contribution in [0.5, 0.6) is 0 Å². The van der Waals surface area contributed by atoms with Gasteiger partial charge in [0.05, 0.1) is 0 Å². The van der Waals surface area contributed by atoms with E-state index >= 15 is 0 Å². The van der Waals surface area contributed by atoms with E-state index in [0.29, 0.717) is 6.04 Å². The zero-order valence-corrected chi connectivity index (χ0v) is 24.2. The number of nitrogens with zero attached hydrogens (tertiary/aromatic N) is 1. The van der Waals surface area contributed by atoms with Gasteiger partial charge >= 0.3 is 0 Å². The molecule has 2 unspecified atom stereocenters. The zero-order chi connectivity index (χ0) is 26.4. The number of aryl methyl sites for hydroxylation is 3. The van der Waals surface area contributed by atoms with E-state index in [1.807, 2.05) is 0 Å². The molecule has 0 spiro atoms. The Bertz CT molecular complexity index is 1180. The van der Waals surface area contributed by atoms with Crippen LogP contribution in [0.4, 0.5) is 0 Å². The van der Waals surface area contributed by atoms with Crippen molar-refractivity contribution in [3.05, 3.63) is 93.5 Å². The molecule has 0 aliphatic carbocycles. The minimum Gasteiger partial charge on any atom is -0.313 e. The number of likely N-dealkylation sites (tertiary alicyclic amines) is 1. The van der Waals surface area contributed by atoms with Gasteiger partial charge in [0.1, 0.15) is 0 Å². The lowest BCUT2D eigenvalue weighted by atomic mass is 9.89. The molecule has 4 rings (SSSR count). The second-order valence-electron chi connectivity index (χ2n) is 11.5. The third-order valence-electron chi connectivity index (χ3n) is 8.72. The Hall–Kier alpha value is -2.42. The van der Waals surface area contributed by atoms with Gasteiger partial charge < -0.3 is 5.32 Å². The lowest BCUT2D eigenvalue weighted by Crippen LogP contribution is -2.24. The highest BCUT2D eigenvalue weighted by Crippen LogP contribution is 2.32. The van der Waals surface area contributed by atoms with Gasteiger partial charge in [-0.1, -0.05) is 74.9 Å². The van der Waals surface area contributed by atoms with Gasteiger partial charge in [-0.15, -0.1) is 0 Å². The molecule has 198 valence electrons. The number of hydrogen-bond acceptors (Lipinski definition) is 2. The Morgan fingerprint density at radius 1 is 0.892 bits per heavy atom. The molecule has 1 aliphatic rings. The van der Waals surface area contributed by atoms with Crippen LogP contribution in [0.2, 0.25) is 0 Å². The van der Waals surface area contributed by atoms with Crippen molar-refractivity contribution in [2.45, 2.75) is 86.2 Å². The molecule has 37 heavy (non-hydrogen) atoms. The highest BCUT2D eigenvalue weighted by Gasteiger charge is 2.24. The monoisotopic (exact) mass is 496 g/mol. The van der Waals surface area contributed by atoms with Crippen molar-refractivity contribution in [2.75, 3.05) is 19.6 Å². The first-order valence-electron chi connectivity index (χ1n) is 14.6. The van der Waals surface area contributed by atoms with Crippen molar-refractivity contribution in [1.82, 2.24) is 10.2 Å². The van der Waals surface area contributed by atoms with Crippen LogP contribution in [0.3, 0.4) is 0 Å². The van der Waals surface area contributed by atoms with Crippen LogP contribution >= 0.6 is 0 Å². The highest BCUT2D eigenvalue weighted by atomic mass is 15.2. The summed E-state index contributed by atoms with van der Waals surface area (Å²) in [6.07, 6.45) is 5.97. The van der Waals surface area contributed by atoms with E-state index in [9.17, 15) is 0 Å². The van der Waals surface area contributed by atoms with Gasteiger partial charge in [0.25, 0.3) is 0 Å². The van der Waals surface area contributed by atoms with Crippen LogP contribution in [-0.4, -0.2) is 24.5 Å². The van der Waals surface area contributed by atoms with Crippen LogP contribution in [0.1, 0.15) is 85.0 Å². The highest BCUT2D eigenvalue weighted by molar-refractivity contribution is 5.72. The fourth-order valence-corrected chi connectivity index (χ4v) is 6.00. The van der Waals surface area contributed by atoms with Crippen LogP contribution < -0.4 is 5.32 Å². The summed E-state index contributed by atoms with van der Waals surface area (Å²) < 4.78 is 0. The minimum absolute atomic E-state index is 0.512. The predicted octanol–water partition coefficient (Wildman–Crippen LogP) is 8.36. The second-order valence-corrected chi connectivity index (χ2v) is 11.5. The standard InChI is InChI=1S/C35H48N2/c1-7-8-20-36-23-33-12-10-14-35(28(33)5)34-13-9-11-31(27(34)4)17-15-30-16-18-32(22-26(30)3)29(6)37-21-19-25(2)24-37/h9-14,16,18,22,25,29,36H,7-8,15,17,19-21,23-24H2,1-6H3. The first kappa shape index (κ1) is 27.6. The molecule has 0 bridgehead atoms. The van der Waals surface area contributed by atoms with Crippen LogP contribution in [0, 0.1) is 26.7 Å². The minimum atomic E-state index is 0.512. The van der Waals surface area contributed by atoms with Gasteiger partial charge in [0, 0.05) is 19.1 Å². The Balaban J connectivity index is 1.46. The second kappa shape index (κ2) is 12.9. The summed E-state index contributed by atoms with van der Waals surface area (Å²) in [5, 5.41) is 3.62. The predicted molar refractivity (Wildman–Crippen MR) is 160 cm³/mol. The molecule has 3 aromatic carbocycles. The van der Waals surface area contributed by atoms with Crippen LogP contribution in [-0.2, 0) is 19.4 Å². The summed E-state index contributed by atoms with van der Waals surface area (Å²) in [5.74, 6) is 0.829. The van der Waals surface area contributed by atoms with E-state index in [0.717, 1.165) is 31.8 Å². The first-order chi connectivity index (χ1) is 17.9. The van der Waals surface area contributed by atoms with Crippen molar-refractivity contribution in [1.29, 1.82) is 0 Å². The fourth-order valence-electron chi connectivity index (χ4n) is 6.00. The lowest BCUT2D eigenvalue weighted by Gasteiger charge is -2.25. The summed E-state index contributed by atoms with van der Waals surface area (Å²) in [5.41, 5.74) is 12.8. The zero-order valence-electron chi connectivity index (χ0n) is 24.2. The van der Waals surface area contributed by atoms with E-state index in [2.05, 4.69) is 106 Å². The maximum Gasteiger partial charge on any atom is 0.0320 e. The fraction of sp³-hybridized carbons (Fsp3) is 0.486. The van der Waals surface area contributed by atoms with Crippen molar-refractivity contribution >= 4 is 0 Å². The van der Waals surface area contributed by atoms with Crippen LogP contribution in [0.15, 0.2) is 54.6 Å². The Morgan fingerprint density at radius 3 is 2.22 bits per heavy atom. The number of hydrogen-bond donors (Lipinski definition) is 1. The summed E-state index contributed by atoms with van der Waals surface area (Å²) >= 11 is 0. The number of benzene rings is 3. The average molecular weight is 497 g/mol. The topological polar surface area (TPSA) is 15.3 Å². The third-order valence-corrected chi connectivity index (χ3v) is 8.72. The Kier molecular flexibility index (Phi) is 9.62. The van der Waals surface area contributed by atoms with Gasteiger partial charge in [-0.3, -0.25) is 4.90 Å². The average Bonchev–Trinajstić information content (AvgIpc) is 3.33. The summed E-state index contributed by atoms with van der Waals surface area (Å²) in [4.78, 5) is 2.65. The van der Waals surface area contributed by atoms with Gasteiger partial charge in [-0.05, 0) is 122 Å². The third kappa shape index (κ3) is 6.72. The van der Waals surface area contributed by atoms with Gasteiger partial charge in [0.15, 0.2) is 0 Å². The summed E-state index contributed by atoms with van der Waals surface area (Å²) in [6, 6.07) is 21.4. The molecule has 1 heterocycles. The maximum atomic E-state index is 3.62. The van der Waals surface area contributed by atoms with Gasteiger partial charge in [-0.2, -0.15) is 0 Å². The molecule has 0 radical (unpaired) electrons. The maximum absolute atomic E-state index is 3.62. The quantitative estimate of drug-likeness (QED) is 0.268. The molecule has 1 aliphatic heterocycles. The number of rotatable bonds is 11. The lowest BCUT2D eigenvalue weighted by molar-refractivity contribution is 0.255. The molecule has 2 atom stereocenters. The molecule has 1 saturated heterocycles. The molecule has 0 aromatic heterocycles. The smallest absolute Gasteiger partial charge is 0.0320 e. The van der Waals surface area contributed by atoms with Gasteiger partial charge in [0.2, 0.25) is 0 Å². The molecular formula is C35H48N2. The normalized spacial score (nSPS) is 16.9. The SMILES string of the molecule is CCCCNCc1cccc(-c2cccc(CCc3ccc(C(C)N4CCC(C)C4)cc3C)c2C)c1C. The van der Waals surface area contributed by atoms with Crippen molar-refractivity contribution in [3.8, 4) is 11.1 Å². The molecule has 3 aromatic rings. The molecule has 2 nitrogen and oxygen atoms in total. The summed E-state index contributed by atoms with van der Waals surface area (Å²) in [7, 11) is 0. The summed E-state index contributed by atoms with van der Waals surface area (Å²) in [6.45, 7) is 18.4. The van der Waals surface area contributed by atoms with Crippen molar-refractivity contribution in [2.24, 2.45) is 5.92 Å².